The largest absolute Gasteiger partial charge is 0.338 e. The van der Waals surface area contributed by atoms with Crippen LogP contribution in [0.2, 0.25) is 0 Å². The smallest absolute Gasteiger partial charge is 0.138 e. The average molecular weight is 265 g/mol. The first kappa shape index (κ1) is 12.9. The van der Waals surface area contributed by atoms with Crippen LogP contribution in [0.5, 0.6) is 0 Å². The fraction of sp³-hybridized carbons (Fsp3) is 0.235. The highest BCUT2D eigenvalue weighted by Crippen LogP contribution is 2.23. The number of para-hydroxylation sites is 2. The number of nitrogens with zero attached hydrogens (tertiary/aromatic N) is 2. The molecule has 0 aliphatic rings. The summed E-state index contributed by atoms with van der Waals surface area (Å²) in [4.78, 5) is 10.2. The van der Waals surface area contributed by atoms with Crippen molar-refractivity contribution >= 4 is 11.0 Å². The standard InChI is InChI=1S/C17H19N3/c1-12(20(2)3)13-8-10-14(11-9-13)17-18-15-6-4-5-7-16(15)19-17/h4-12H,1-3H3,(H,18,19)/t12-/m0/s1. The Morgan fingerprint density at radius 1 is 1.00 bits per heavy atom. The lowest BCUT2D eigenvalue weighted by Gasteiger charge is -2.20. The van der Waals surface area contributed by atoms with Crippen molar-refractivity contribution in [1.82, 2.24) is 14.9 Å². The van der Waals surface area contributed by atoms with Gasteiger partial charge in [0.15, 0.2) is 0 Å². The molecule has 102 valence electrons. The Morgan fingerprint density at radius 2 is 1.70 bits per heavy atom. The van der Waals surface area contributed by atoms with E-state index < -0.39 is 0 Å². The van der Waals surface area contributed by atoms with E-state index in [0.29, 0.717) is 6.04 Å². The highest BCUT2D eigenvalue weighted by Gasteiger charge is 2.09. The molecule has 0 unspecified atom stereocenters. The molecule has 0 fully saturated rings. The summed E-state index contributed by atoms with van der Waals surface area (Å²) in [6.07, 6.45) is 0. The first-order valence-electron chi connectivity index (χ1n) is 6.86. The van der Waals surface area contributed by atoms with Gasteiger partial charge in [-0.3, -0.25) is 0 Å². The highest BCUT2D eigenvalue weighted by atomic mass is 15.1. The molecule has 1 atom stereocenters. The van der Waals surface area contributed by atoms with E-state index >= 15 is 0 Å². The van der Waals surface area contributed by atoms with Crippen LogP contribution in [0.15, 0.2) is 48.5 Å². The third kappa shape index (κ3) is 2.32. The van der Waals surface area contributed by atoms with Crippen molar-refractivity contribution in [1.29, 1.82) is 0 Å². The van der Waals surface area contributed by atoms with E-state index in [1.54, 1.807) is 0 Å². The average Bonchev–Trinajstić information content (AvgIpc) is 2.90. The molecule has 0 saturated heterocycles. The molecule has 1 N–H and O–H groups in total. The van der Waals surface area contributed by atoms with Gasteiger partial charge in [0.25, 0.3) is 0 Å². The van der Waals surface area contributed by atoms with Gasteiger partial charge in [0, 0.05) is 11.6 Å². The van der Waals surface area contributed by atoms with Crippen LogP contribution in [0.1, 0.15) is 18.5 Å². The summed E-state index contributed by atoms with van der Waals surface area (Å²) in [6, 6.07) is 17.1. The van der Waals surface area contributed by atoms with Crippen molar-refractivity contribution in [2.75, 3.05) is 14.1 Å². The monoisotopic (exact) mass is 265 g/mol. The van der Waals surface area contributed by atoms with Gasteiger partial charge in [0.2, 0.25) is 0 Å². The number of hydrogen-bond acceptors (Lipinski definition) is 2. The summed E-state index contributed by atoms with van der Waals surface area (Å²) in [6.45, 7) is 2.20. The van der Waals surface area contributed by atoms with E-state index in [9.17, 15) is 0 Å². The number of fused-ring (bicyclic) bond motifs is 1. The molecular formula is C17H19N3. The van der Waals surface area contributed by atoms with E-state index in [2.05, 4.69) is 60.2 Å². The predicted molar refractivity (Wildman–Crippen MR) is 83.6 cm³/mol. The number of nitrogens with one attached hydrogen (secondary N) is 1. The van der Waals surface area contributed by atoms with Gasteiger partial charge in [-0.25, -0.2) is 4.98 Å². The van der Waals surface area contributed by atoms with Gasteiger partial charge >= 0.3 is 0 Å². The van der Waals surface area contributed by atoms with Crippen molar-refractivity contribution in [2.24, 2.45) is 0 Å². The molecule has 0 aliphatic heterocycles. The zero-order chi connectivity index (χ0) is 14.1. The minimum Gasteiger partial charge on any atom is -0.338 e. The van der Waals surface area contributed by atoms with Gasteiger partial charge in [-0.05, 0) is 38.7 Å². The molecule has 1 heterocycles. The number of rotatable bonds is 3. The summed E-state index contributed by atoms with van der Waals surface area (Å²) in [5.41, 5.74) is 4.52. The molecule has 0 saturated carbocycles. The molecule has 1 aromatic heterocycles. The van der Waals surface area contributed by atoms with Crippen LogP contribution in [-0.4, -0.2) is 29.0 Å². The van der Waals surface area contributed by atoms with Crippen LogP contribution in [-0.2, 0) is 0 Å². The maximum Gasteiger partial charge on any atom is 0.138 e. The molecule has 0 aliphatic carbocycles. The van der Waals surface area contributed by atoms with Gasteiger partial charge in [0.05, 0.1) is 11.0 Å². The van der Waals surface area contributed by atoms with E-state index in [1.807, 2.05) is 24.3 Å². The number of H-pyrrole nitrogens is 1. The van der Waals surface area contributed by atoms with Crippen molar-refractivity contribution in [2.45, 2.75) is 13.0 Å². The SMILES string of the molecule is C[C@@H](c1ccc(-c2nc3ccccc3[nH]2)cc1)N(C)C. The van der Waals surface area contributed by atoms with Crippen molar-refractivity contribution in [3.8, 4) is 11.4 Å². The first-order valence-corrected chi connectivity index (χ1v) is 6.86. The fourth-order valence-electron chi connectivity index (χ4n) is 2.31. The predicted octanol–water partition coefficient (Wildman–Crippen LogP) is 3.85. The zero-order valence-corrected chi connectivity index (χ0v) is 12.1. The molecule has 0 spiro atoms. The Balaban J connectivity index is 1.94. The Labute approximate surface area is 119 Å². The van der Waals surface area contributed by atoms with Gasteiger partial charge in [-0.15, -0.1) is 0 Å². The maximum absolute atomic E-state index is 4.63. The summed E-state index contributed by atoms with van der Waals surface area (Å²) >= 11 is 0. The maximum atomic E-state index is 4.63. The zero-order valence-electron chi connectivity index (χ0n) is 12.1. The number of aromatic nitrogens is 2. The third-order valence-electron chi connectivity index (χ3n) is 3.83. The van der Waals surface area contributed by atoms with Crippen LogP contribution >= 0.6 is 0 Å². The molecular weight excluding hydrogens is 246 g/mol. The molecule has 3 nitrogen and oxygen atoms in total. The number of benzene rings is 2. The summed E-state index contributed by atoms with van der Waals surface area (Å²) in [5, 5.41) is 0. The van der Waals surface area contributed by atoms with Gasteiger partial charge in [0.1, 0.15) is 5.82 Å². The third-order valence-corrected chi connectivity index (χ3v) is 3.83. The van der Waals surface area contributed by atoms with Gasteiger partial charge < -0.3 is 9.88 Å². The summed E-state index contributed by atoms with van der Waals surface area (Å²) in [5.74, 6) is 0.926. The van der Waals surface area contributed by atoms with Crippen molar-refractivity contribution in [3.05, 3.63) is 54.1 Å². The van der Waals surface area contributed by atoms with Crippen LogP contribution < -0.4 is 0 Å². The van der Waals surface area contributed by atoms with E-state index in [0.717, 1.165) is 22.4 Å². The Morgan fingerprint density at radius 3 is 2.35 bits per heavy atom. The van der Waals surface area contributed by atoms with Crippen LogP contribution in [0.25, 0.3) is 22.4 Å². The van der Waals surface area contributed by atoms with E-state index in [1.165, 1.54) is 5.56 Å². The lowest BCUT2D eigenvalue weighted by atomic mass is 10.1. The second-order valence-electron chi connectivity index (χ2n) is 5.36. The first-order chi connectivity index (χ1) is 9.65. The van der Waals surface area contributed by atoms with Gasteiger partial charge in [-0.2, -0.15) is 0 Å². The minimum atomic E-state index is 0.416. The van der Waals surface area contributed by atoms with Gasteiger partial charge in [-0.1, -0.05) is 36.4 Å². The second kappa shape index (κ2) is 5.10. The number of aromatic amines is 1. The normalized spacial score (nSPS) is 13.0. The number of hydrogen-bond donors (Lipinski definition) is 1. The molecule has 3 rings (SSSR count). The lowest BCUT2D eigenvalue weighted by Crippen LogP contribution is -2.16. The van der Waals surface area contributed by atoms with Crippen molar-refractivity contribution in [3.63, 3.8) is 0 Å². The fourth-order valence-corrected chi connectivity index (χ4v) is 2.31. The van der Waals surface area contributed by atoms with E-state index in [4.69, 9.17) is 0 Å². The quantitative estimate of drug-likeness (QED) is 0.780. The minimum absolute atomic E-state index is 0.416. The number of imidazole rings is 1. The molecule has 3 heteroatoms. The molecule has 3 aromatic rings. The second-order valence-corrected chi connectivity index (χ2v) is 5.36. The Kier molecular flexibility index (Phi) is 3.28. The molecule has 20 heavy (non-hydrogen) atoms. The molecule has 0 bridgehead atoms. The topological polar surface area (TPSA) is 31.9 Å². The van der Waals surface area contributed by atoms with Crippen LogP contribution in [0.4, 0.5) is 0 Å². The van der Waals surface area contributed by atoms with Crippen LogP contribution in [0, 0.1) is 0 Å². The Bertz CT molecular complexity index is 677. The highest BCUT2D eigenvalue weighted by molar-refractivity contribution is 5.79. The summed E-state index contributed by atoms with van der Waals surface area (Å²) in [7, 11) is 4.19. The van der Waals surface area contributed by atoms with Crippen LogP contribution in [0.3, 0.4) is 0 Å². The molecule has 0 amide bonds. The summed E-state index contributed by atoms with van der Waals surface area (Å²) < 4.78 is 0. The van der Waals surface area contributed by atoms with Crippen molar-refractivity contribution < 1.29 is 0 Å². The Hall–Kier alpha value is -2.13. The molecule has 0 radical (unpaired) electrons. The molecule has 2 aromatic carbocycles. The lowest BCUT2D eigenvalue weighted by molar-refractivity contribution is 0.321. The van der Waals surface area contributed by atoms with E-state index in [-0.39, 0.29) is 0 Å².